The van der Waals surface area contributed by atoms with Crippen LogP contribution in [0, 0.1) is 0 Å². The van der Waals surface area contributed by atoms with E-state index in [1.807, 2.05) is 21.1 Å². The summed E-state index contributed by atoms with van der Waals surface area (Å²) in [6, 6.07) is 5.13. The van der Waals surface area contributed by atoms with E-state index < -0.39 is 0 Å². The third kappa shape index (κ3) is 3.59. The molecule has 1 N–H and O–H groups in total. The molecule has 0 unspecified atom stereocenters. The maximum atomic E-state index is 9.39. The highest BCUT2D eigenvalue weighted by Crippen LogP contribution is 2.25. The summed E-state index contributed by atoms with van der Waals surface area (Å²) in [5.41, 5.74) is 0.901. The average Bonchev–Trinajstić information content (AvgIpc) is 2.15. The first-order valence-electron chi connectivity index (χ1n) is 4.66. The third-order valence-corrected chi connectivity index (χ3v) is 1.76. The average molecular weight is 209 g/mol. The van der Waals surface area contributed by atoms with Gasteiger partial charge in [-0.05, 0) is 18.2 Å². The molecular formula is C11H17N2O2+. The molecule has 4 heteroatoms. The van der Waals surface area contributed by atoms with Gasteiger partial charge in [0.2, 0.25) is 0 Å². The van der Waals surface area contributed by atoms with Gasteiger partial charge in [0.15, 0.2) is 11.5 Å². The van der Waals surface area contributed by atoms with Crippen molar-refractivity contribution < 1.29 is 14.4 Å². The number of rotatable bonds is 3. The molecule has 0 aliphatic carbocycles. The van der Waals surface area contributed by atoms with Crippen molar-refractivity contribution in [3.05, 3.63) is 23.8 Å². The first kappa shape index (κ1) is 11.5. The van der Waals surface area contributed by atoms with Crippen LogP contribution in [-0.2, 0) is 0 Å². The van der Waals surface area contributed by atoms with Crippen LogP contribution in [0.5, 0.6) is 11.5 Å². The summed E-state index contributed by atoms with van der Waals surface area (Å²) in [6.07, 6.45) is 1.75. The number of nitrogens with zero attached hydrogens (tertiary/aromatic N) is 2. The summed E-state index contributed by atoms with van der Waals surface area (Å²) in [5.74, 6) is 0.597. The zero-order valence-electron chi connectivity index (χ0n) is 9.56. The lowest BCUT2D eigenvalue weighted by molar-refractivity contribution is -0.876. The van der Waals surface area contributed by atoms with Crippen LogP contribution >= 0.6 is 0 Å². The molecule has 0 spiro atoms. The fourth-order valence-corrected chi connectivity index (χ4v) is 1.01. The minimum Gasteiger partial charge on any atom is -0.504 e. The zero-order valence-corrected chi connectivity index (χ0v) is 9.56. The molecule has 0 aromatic heterocycles. The maximum absolute atomic E-state index is 9.39. The van der Waals surface area contributed by atoms with Gasteiger partial charge in [-0.1, -0.05) is 5.10 Å². The first-order valence-corrected chi connectivity index (χ1v) is 4.66. The highest BCUT2D eigenvalue weighted by molar-refractivity contribution is 5.80. The molecule has 82 valence electrons. The Morgan fingerprint density at radius 2 is 2.00 bits per heavy atom. The lowest BCUT2D eigenvalue weighted by atomic mass is 10.2. The van der Waals surface area contributed by atoms with Gasteiger partial charge in [0.1, 0.15) is 0 Å². The van der Waals surface area contributed by atoms with Crippen molar-refractivity contribution in [2.24, 2.45) is 5.10 Å². The summed E-state index contributed by atoms with van der Waals surface area (Å²) < 4.78 is 5.50. The van der Waals surface area contributed by atoms with Crippen LogP contribution < -0.4 is 4.74 Å². The lowest BCUT2D eigenvalue weighted by Crippen LogP contribution is -2.27. The van der Waals surface area contributed by atoms with Crippen LogP contribution in [0.3, 0.4) is 0 Å². The Labute approximate surface area is 90.0 Å². The van der Waals surface area contributed by atoms with Crippen molar-refractivity contribution in [2.45, 2.75) is 0 Å². The Kier molecular flexibility index (Phi) is 3.31. The van der Waals surface area contributed by atoms with Gasteiger partial charge in [-0.15, -0.1) is 0 Å². The molecule has 0 radical (unpaired) electrons. The molecule has 1 aromatic rings. The van der Waals surface area contributed by atoms with Crippen molar-refractivity contribution in [2.75, 3.05) is 28.3 Å². The van der Waals surface area contributed by atoms with E-state index in [0.29, 0.717) is 10.3 Å². The lowest BCUT2D eigenvalue weighted by Gasteiger charge is -2.14. The Balaban J connectivity index is 2.93. The molecule has 0 fully saturated rings. The van der Waals surface area contributed by atoms with Crippen molar-refractivity contribution >= 4 is 6.21 Å². The monoisotopic (exact) mass is 209 g/mol. The second kappa shape index (κ2) is 4.31. The van der Waals surface area contributed by atoms with Gasteiger partial charge in [0.05, 0.1) is 34.5 Å². The smallest absolute Gasteiger partial charge is 0.161 e. The van der Waals surface area contributed by atoms with E-state index in [9.17, 15) is 5.11 Å². The zero-order chi connectivity index (χ0) is 11.5. The molecule has 0 bridgehead atoms. The Bertz CT molecular complexity index is 367. The molecular weight excluding hydrogens is 192 g/mol. The van der Waals surface area contributed by atoms with Gasteiger partial charge in [-0.3, -0.25) is 0 Å². The standard InChI is InChI=1S/C11H16N2O2/c1-13(2,3)12-8-9-5-6-10(14)11(7-9)15-4/h5-8H,1-4H3/p+1. The Morgan fingerprint density at radius 1 is 1.33 bits per heavy atom. The summed E-state index contributed by atoms with van der Waals surface area (Å²) in [4.78, 5) is 0. The molecule has 0 aliphatic heterocycles. The van der Waals surface area contributed by atoms with Gasteiger partial charge in [0, 0.05) is 5.56 Å². The number of methoxy groups -OCH3 is 1. The van der Waals surface area contributed by atoms with Crippen LogP contribution in [0.1, 0.15) is 5.56 Å². The third-order valence-electron chi connectivity index (χ3n) is 1.76. The number of hydrogen-bond donors (Lipinski definition) is 1. The quantitative estimate of drug-likeness (QED) is 0.465. The molecule has 4 nitrogen and oxygen atoms in total. The minimum atomic E-state index is 0.139. The number of phenolic OH excluding ortho intramolecular Hbond substituents is 1. The summed E-state index contributed by atoms with van der Waals surface area (Å²) in [7, 11) is 7.42. The van der Waals surface area contributed by atoms with Crippen LogP contribution in [0.2, 0.25) is 0 Å². The number of benzene rings is 1. The predicted molar refractivity (Wildman–Crippen MR) is 60.3 cm³/mol. The number of hydrogen-bond acceptors (Lipinski definition) is 3. The Morgan fingerprint density at radius 3 is 2.53 bits per heavy atom. The fourth-order valence-electron chi connectivity index (χ4n) is 1.01. The van der Waals surface area contributed by atoms with Gasteiger partial charge in [-0.25, -0.2) is 4.59 Å². The van der Waals surface area contributed by atoms with Crippen LogP contribution in [-0.4, -0.2) is 44.2 Å². The van der Waals surface area contributed by atoms with Gasteiger partial charge >= 0.3 is 0 Å². The summed E-state index contributed by atoms with van der Waals surface area (Å²) in [6.45, 7) is 0. The highest BCUT2D eigenvalue weighted by Gasteiger charge is 2.04. The molecule has 15 heavy (non-hydrogen) atoms. The van der Waals surface area contributed by atoms with Crippen LogP contribution in [0.25, 0.3) is 0 Å². The number of aromatic hydroxyl groups is 1. The van der Waals surface area contributed by atoms with Crippen LogP contribution in [0.15, 0.2) is 23.3 Å². The topological polar surface area (TPSA) is 41.8 Å². The summed E-state index contributed by atoms with van der Waals surface area (Å²) >= 11 is 0. The largest absolute Gasteiger partial charge is 0.504 e. The van der Waals surface area contributed by atoms with Crippen molar-refractivity contribution in [1.82, 2.24) is 0 Å². The second-order valence-corrected chi connectivity index (χ2v) is 4.12. The van der Waals surface area contributed by atoms with E-state index in [1.165, 1.54) is 7.11 Å². The number of ether oxygens (including phenoxy) is 1. The second-order valence-electron chi connectivity index (χ2n) is 4.12. The van der Waals surface area contributed by atoms with Crippen LogP contribution in [0.4, 0.5) is 0 Å². The highest BCUT2D eigenvalue weighted by atomic mass is 16.5. The van der Waals surface area contributed by atoms with Crippen molar-refractivity contribution in [1.29, 1.82) is 0 Å². The minimum absolute atomic E-state index is 0.139. The molecule has 0 saturated heterocycles. The maximum Gasteiger partial charge on any atom is 0.161 e. The SMILES string of the molecule is COc1cc(C=N[N+](C)(C)C)ccc1O. The van der Waals surface area contributed by atoms with Crippen molar-refractivity contribution in [3.63, 3.8) is 0 Å². The number of phenols is 1. The molecule has 0 amide bonds. The first-order chi connectivity index (χ1) is 6.92. The predicted octanol–water partition coefficient (Wildman–Crippen LogP) is 1.44. The molecule has 0 saturated carbocycles. The molecule has 0 atom stereocenters. The molecule has 1 aromatic carbocycles. The van der Waals surface area contributed by atoms with Gasteiger partial charge in [-0.2, -0.15) is 0 Å². The molecule has 1 rings (SSSR count). The Hall–Kier alpha value is -1.55. The summed E-state index contributed by atoms with van der Waals surface area (Å²) in [5, 5.41) is 13.7. The van der Waals surface area contributed by atoms with E-state index in [2.05, 4.69) is 5.10 Å². The normalized spacial score (nSPS) is 12.0. The van der Waals surface area contributed by atoms with E-state index in [4.69, 9.17) is 4.74 Å². The van der Waals surface area contributed by atoms with E-state index in [1.54, 1.807) is 24.4 Å². The van der Waals surface area contributed by atoms with E-state index in [-0.39, 0.29) is 5.75 Å². The molecule has 0 aliphatic rings. The van der Waals surface area contributed by atoms with E-state index in [0.717, 1.165) is 5.56 Å². The van der Waals surface area contributed by atoms with Crippen molar-refractivity contribution in [3.8, 4) is 11.5 Å². The van der Waals surface area contributed by atoms with E-state index >= 15 is 0 Å². The molecule has 0 heterocycles. The number of quaternary nitrogens is 1. The fraction of sp³-hybridized carbons (Fsp3) is 0.364. The van der Waals surface area contributed by atoms with Gasteiger partial charge in [0.25, 0.3) is 0 Å². The van der Waals surface area contributed by atoms with Gasteiger partial charge < -0.3 is 9.84 Å².